The van der Waals surface area contributed by atoms with Crippen molar-refractivity contribution in [3.05, 3.63) is 76.4 Å². The van der Waals surface area contributed by atoms with Crippen LogP contribution in [0.4, 0.5) is 0 Å². The lowest BCUT2D eigenvalue weighted by Crippen LogP contribution is -2.16. The zero-order valence-corrected chi connectivity index (χ0v) is 20.2. The highest BCUT2D eigenvalue weighted by atomic mass is 16.5. The molecule has 33 heavy (non-hydrogen) atoms. The van der Waals surface area contributed by atoms with Crippen LogP contribution < -0.4 is 4.74 Å². The van der Waals surface area contributed by atoms with E-state index >= 15 is 0 Å². The maximum Gasteiger partial charge on any atom is 0.338 e. The van der Waals surface area contributed by atoms with Crippen LogP contribution in [0, 0.1) is 11.8 Å². The van der Waals surface area contributed by atoms with Gasteiger partial charge in [-0.2, -0.15) is 0 Å². The highest BCUT2D eigenvalue weighted by molar-refractivity contribution is 5.91. The minimum atomic E-state index is -0.356. The van der Waals surface area contributed by atoms with Crippen LogP contribution >= 0.6 is 0 Å². The van der Waals surface area contributed by atoms with Crippen molar-refractivity contribution in [2.24, 2.45) is 0 Å². The van der Waals surface area contributed by atoms with Crippen molar-refractivity contribution >= 4 is 11.8 Å². The molecule has 2 aliphatic carbocycles. The molecule has 170 valence electrons. The van der Waals surface area contributed by atoms with E-state index in [-0.39, 0.29) is 11.8 Å². The molecular weight excluding hydrogens is 408 g/mol. The number of esters is 1. The average Bonchev–Trinajstić information content (AvgIpc) is 2.77. The molecule has 2 aromatic carbocycles. The van der Waals surface area contributed by atoms with Gasteiger partial charge in [0, 0.05) is 17.6 Å². The lowest BCUT2D eigenvalue weighted by Gasteiger charge is -2.30. The summed E-state index contributed by atoms with van der Waals surface area (Å²) in [7, 11) is 0. The summed E-state index contributed by atoms with van der Waals surface area (Å²) >= 11 is 0. The Kier molecular flexibility index (Phi) is 7.71. The summed E-state index contributed by atoms with van der Waals surface area (Å²) in [6.07, 6.45) is 6.01. The Hall–Kier alpha value is -3.38. The van der Waals surface area contributed by atoms with E-state index in [1.165, 1.54) is 40.3 Å². The second kappa shape index (κ2) is 10.5. The molecule has 0 saturated carbocycles. The molecule has 0 fully saturated rings. The molecule has 3 nitrogen and oxygen atoms in total. The topological polar surface area (TPSA) is 43.4 Å². The van der Waals surface area contributed by atoms with Gasteiger partial charge >= 0.3 is 5.97 Å². The monoisotopic (exact) mass is 440 g/mol. The Balaban J connectivity index is 0.000000454. The van der Waals surface area contributed by atoms with Gasteiger partial charge in [0.1, 0.15) is 5.75 Å². The number of ether oxygens (including phenoxy) is 1. The van der Waals surface area contributed by atoms with Gasteiger partial charge in [0.15, 0.2) is 5.78 Å². The standard InChI is InChI=1S/C25H24O2.C5H8O/c1-4-5-6-7-17-12-18-8-10-20-14-22(27-25(26)16(2)3)15-21-11-9-19(13-17)23(18)24(20)21;1-4(2)5(3)6/h12-15H,2,4-5,8-11H2,1,3H3;1H2,2-3H3. The van der Waals surface area contributed by atoms with Crippen molar-refractivity contribution in [2.75, 3.05) is 0 Å². The van der Waals surface area contributed by atoms with E-state index in [0.29, 0.717) is 16.9 Å². The van der Waals surface area contributed by atoms with Gasteiger partial charge in [-0.25, -0.2) is 4.79 Å². The molecule has 2 aromatic rings. The van der Waals surface area contributed by atoms with Crippen LogP contribution in [0.15, 0.2) is 48.6 Å². The minimum absolute atomic E-state index is 0.0648. The molecule has 0 atom stereocenters. The predicted molar refractivity (Wildman–Crippen MR) is 134 cm³/mol. The van der Waals surface area contributed by atoms with Crippen LogP contribution in [0.5, 0.6) is 5.75 Å². The van der Waals surface area contributed by atoms with E-state index in [4.69, 9.17) is 4.74 Å². The first kappa shape index (κ1) is 24.3. The van der Waals surface area contributed by atoms with E-state index in [2.05, 4.69) is 44.1 Å². The molecule has 3 heteroatoms. The third kappa shape index (κ3) is 5.71. The molecule has 0 radical (unpaired) electrons. The summed E-state index contributed by atoms with van der Waals surface area (Å²) in [5.74, 6) is 6.97. The third-order valence-corrected chi connectivity index (χ3v) is 5.92. The van der Waals surface area contributed by atoms with Crippen molar-refractivity contribution in [2.45, 2.75) is 66.2 Å². The number of hydrogen-bond acceptors (Lipinski definition) is 3. The first-order chi connectivity index (χ1) is 15.7. The van der Waals surface area contributed by atoms with E-state index in [1.54, 1.807) is 13.8 Å². The van der Waals surface area contributed by atoms with Crippen LogP contribution in [0.2, 0.25) is 0 Å². The Bertz CT molecular complexity index is 1140. The molecular formula is C30H32O3. The Morgan fingerprint density at radius 3 is 1.70 bits per heavy atom. The van der Waals surface area contributed by atoms with Crippen molar-refractivity contribution in [1.82, 2.24) is 0 Å². The minimum Gasteiger partial charge on any atom is -0.423 e. The molecule has 0 saturated heterocycles. The number of hydrogen-bond donors (Lipinski definition) is 0. The molecule has 0 spiro atoms. The van der Waals surface area contributed by atoms with E-state index in [0.717, 1.165) is 44.1 Å². The number of Topliss-reactive ketones (excluding diaryl/α,β-unsaturated/α-hetero) is 1. The van der Waals surface area contributed by atoms with Gasteiger partial charge in [0.25, 0.3) is 0 Å². The summed E-state index contributed by atoms with van der Waals surface area (Å²) in [4.78, 5) is 21.9. The van der Waals surface area contributed by atoms with Gasteiger partial charge < -0.3 is 4.74 Å². The smallest absolute Gasteiger partial charge is 0.338 e. The van der Waals surface area contributed by atoms with Crippen molar-refractivity contribution in [3.8, 4) is 28.7 Å². The predicted octanol–water partition coefficient (Wildman–Crippen LogP) is 6.34. The van der Waals surface area contributed by atoms with Crippen LogP contribution in [0.1, 0.15) is 68.4 Å². The molecule has 0 N–H and O–H groups in total. The first-order valence-electron chi connectivity index (χ1n) is 11.6. The Morgan fingerprint density at radius 2 is 1.30 bits per heavy atom. The molecule has 2 aliphatic rings. The molecule has 0 aromatic heterocycles. The number of ketones is 1. The lowest BCUT2D eigenvalue weighted by molar-refractivity contribution is -0.130. The highest BCUT2D eigenvalue weighted by Crippen LogP contribution is 2.44. The maximum absolute atomic E-state index is 11.9. The summed E-state index contributed by atoms with van der Waals surface area (Å²) in [5, 5.41) is 0. The fourth-order valence-electron chi connectivity index (χ4n) is 4.09. The van der Waals surface area contributed by atoms with Crippen LogP contribution in [0.3, 0.4) is 0 Å². The van der Waals surface area contributed by atoms with Crippen LogP contribution in [-0.4, -0.2) is 11.8 Å². The van der Waals surface area contributed by atoms with Crippen LogP contribution in [0.25, 0.3) is 11.1 Å². The van der Waals surface area contributed by atoms with Crippen molar-refractivity contribution < 1.29 is 14.3 Å². The first-order valence-corrected chi connectivity index (χ1v) is 11.6. The second-order valence-corrected chi connectivity index (χ2v) is 8.84. The molecule has 0 unspecified atom stereocenters. The third-order valence-electron chi connectivity index (χ3n) is 5.92. The second-order valence-electron chi connectivity index (χ2n) is 8.84. The number of unbranched alkanes of at least 4 members (excludes halogenated alkanes) is 1. The SMILES string of the molecule is C=C(C)C(=O)Oc1cc2c3c(c1)CCc1cc(C#CCCC)cc(c1-3)CC2.C=C(C)C(C)=O. The number of benzene rings is 2. The van der Waals surface area contributed by atoms with Gasteiger partial charge in [0.2, 0.25) is 0 Å². The molecule has 0 heterocycles. The number of rotatable bonds is 4. The van der Waals surface area contributed by atoms with Gasteiger partial charge in [0.05, 0.1) is 0 Å². The number of carbonyl (C=O) groups is 2. The molecule has 0 bridgehead atoms. The molecule has 0 amide bonds. The highest BCUT2D eigenvalue weighted by Gasteiger charge is 2.27. The van der Waals surface area contributed by atoms with Crippen molar-refractivity contribution in [3.63, 3.8) is 0 Å². The normalized spacial score (nSPS) is 12.2. The Labute approximate surface area is 197 Å². The zero-order valence-electron chi connectivity index (χ0n) is 20.2. The fraction of sp³-hybridized carbons (Fsp3) is 0.333. The summed E-state index contributed by atoms with van der Waals surface area (Å²) < 4.78 is 5.51. The quantitative estimate of drug-likeness (QED) is 0.241. The molecule has 4 rings (SSSR count). The summed E-state index contributed by atoms with van der Waals surface area (Å²) in [6, 6.07) is 8.61. The lowest BCUT2D eigenvalue weighted by atomic mass is 9.75. The average molecular weight is 441 g/mol. The number of aryl methyl sites for hydroxylation is 4. The number of carbonyl (C=O) groups excluding carboxylic acids is 2. The summed E-state index contributed by atoms with van der Waals surface area (Å²) in [5.41, 5.74) is 10.3. The van der Waals surface area contributed by atoms with E-state index in [9.17, 15) is 9.59 Å². The Morgan fingerprint density at radius 1 is 0.848 bits per heavy atom. The van der Waals surface area contributed by atoms with Gasteiger partial charge in [-0.1, -0.05) is 31.9 Å². The van der Waals surface area contributed by atoms with Gasteiger partial charge in [-0.05, 0) is 116 Å². The fourth-order valence-corrected chi connectivity index (χ4v) is 4.09. The van der Waals surface area contributed by atoms with Gasteiger partial charge in [-0.3, -0.25) is 4.79 Å². The van der Waals surface area contributed by atoms with Crippen molar-refractivity contribution in [1.29, 1.82) is 0 Å². The van der Waals surface area contributed by atoms with Crippen LogP contribution in [-0.2, 0) is 35.3 Å². The maximum atomic E-state index is 11.9. The van der Waals surface area contributed by atoms with E-state index in [1.807, 2.05) is 12.1 Å². The van der Waals surface area contributed by atoms with Gasteiger partial charge in [-0.15, -0.1) is 0 Å². The zero-order chi connectivity index (χ0) is 24.1. The van der Waals surface area contributed by atoms with E-state index < -0.39 is 0 Å². The summed E-state index contributed by atoms with van der Waals surface area (Å²) in [6.45, 7) is 14.1. The molecule has 0 aliphatic heterocycles. The largest absolute Gasteiger partial charge is 0.423 e. The number of allylic oxidation sites excluding steroid dienone is 1.